The van der Waals surface area contributed by atoms with Crippen LogP contribution >= 0.6 is 0 Å². The lowest BCUT2D eigenvalue weighted by Gasteiger charge is -2.27. The molecule has 0 aliphatic heterocycles. The van der Waals surface area contributed by atoms with E-state index >= 15 is 0 Å². The van der Waals surface area contributed by atoms with E-state index in [0.717, 1.165) is 22.4 Å². The average Bonchev–Trinajstić information content (AvgIpc) is 2.92. The minimum Gasteiger partial charge on any atom is -0.396 e. The second-order valence-electron chi connectivity index (χ2n) is 8.22. The number of carbonyl (C=O) groups is 1. The molecule has 1 aromatic heterocycles. The maximum atomic E-state index is 13.7. The van der Waals surface area contributed by atoms with Crippen LogP contribution in [0.1, 0.15) is 81.2 Å². The molecule has 1 heterocycles. The van der Waals surface area contributed by atoms with Gasteiger partial charge in [-0.2, -0.15) is 0 Å². The van der Waals surface area contributed by atoms with Gasteiger partial charge in [-0.05, 0) is 43.7 Å². The van der Waals surface area contributed by atoms with Crippen LogP contribution in [-0.4, -0.2) is 27.0 Å². The number of aryl methyl sites for hydroxylation is 1. The molecule has 1 unspecified atom stereocenters. The number of aromatic nitrogens is 2. The molecule has 4 rings (SSSR count). The lowest BCUT2D eigenvalue weighted by Crippen LogP contribution is -2.36. The van der Waals surface area contributed by atoms with Gasteiger partial charge < -0.3 is 5.11 Å². The first-order chi connectivity index (χ1) is 17.1. The molecule has 1 N–H and O–H groups in total. The number of carbonyl (C=O) groups excluding carboxylic acids is 1. The summed E-state index contributed by atoms with van der Waals surface area (Å²) in [5.41, 5.74) is 3.55. The molecule has 2 aromatic carbocycles. The van der Waals surface area contributed by atoms with Crippen LogP contribution in [-0.2, 0) is 17.6 Å². The van der Waals surface area contributed by atoms with Crippen LogP contribution in [0.5, 0.6) is 0 Å². The van der Waals surface area contributed by atoms with E-state index in [4.69, 9.17) is 10.1 Å². The van der Waals surface area contributed by atoms with Gasteiger partial charge in [0.2, 0.25) is 0 Å². The maximum Gasteiger partial charge on any atom is 0.257 e. The number of hydrogen-bond donors (Lipinski definition) is 1. The highest BCUT2D eigenvalue weighted by molar-refractivity contribution is 5.81. The zero-order valence-electron chi connectivity index (χ0n) is 21.8. The highest BCUT2D eigenvalue weighted by Gasteiger charge is 2.30. The third-order valence-electron chi connectivity index (χ3n) is 6.18. The quantitative estimate of drug-likeness (QED) is 0.476. The zero-order valence-corrected chi connectivity index (χ0v) is 21.8. The predicted molar refractivity (Wildman–Crippen MR) is 143 cm³/mol. The molecule has 188 valence electrons. The van der Waals surface area contributed by atoms with E-state index in [-0.39, 0.29) is 29.9 Å². The number of aliphatic hydroxyl groups is 1. The van der Waals surface area contributed by atoms with Crippen LogP contribution in [0.3, 0.4) is 0 Å². The van der Waals surface area contributed by atoms with Gasteiger partial charge in [-0.3, -0.25) is 14.2 Å². The summed E-state index contributed by atoms with van der Waals surface area (Å²) in [4.78, 5) is 31.0. The molecular formula is C30H40N2O3. The lowest BCUT2D eigenvalue weighted by molar-refractivity contribution is -0.123. The molecule has 0 amide bonds. The van der Waals surface area contributed by atoms with Crippen LogP contribution in [0.4, 0.5) is 0 Å². The van der Waals surface area contributed by atoms with Gasteiger partial charge >= 0.3 is 0 Å². The Kier molecular flexibility index (Phi) is 11.6. The van der Waals surface area contributed by atoms with Gasteiger partial charge in [0, 0.05) is 24.5 Å². The molecule has 0 bridgehead atoms. The smallest absolute Gasteiger partial charge is 0.257 e. The van der Waals surface area contributed by atoms with E-state index in [1.807, 2.05) is 95.3 Å². The van der Waals surface area contributed by atoms with E-state index in [1.54, 1.807) is 4.57 Å². The second-order valence-corrected chi connectivity index (χ2v) is 8.22. The first kappa shape index (κ1) is 28.2. The summed E-state index contributed by atoms with van der Waals surface area (Å²) in [6.45, 7) is 9.90. The summed E-state index contributed by atoms with van der Waals surface area (Å²) >= 11 is 0. The molecule has 35 heavy (non-hydrogen) atoms. The van der Waals surface area contributed by atoms with Crippen LogP contribution in [0.15, 0.2) is 65.5 Å². The van der Waals surface area contributed by atoms with E-state index < -0.39 is 0 Å². The number of hydrogen-bond acceptors (Lipinski definition) is 4. The monoisotopic (exact) mass is 476 g/mol. The summed E-state index contributed by atoms with van der Waals surface area (Å²) in [6, 6.07) is 19.8. The van der Waals surface area contributed by atoms with Crippen LogP contribution in [0, 0.1) is 12.8 Å². The van der Waals surface area contributed by atoms with Crippen molar-refractivity contribution in [2.45, 2.75) is 72.8 Å². The van der Waals surface area contributed by atoms with Crippen molar-refractivity contribution in [3.63, 3.8) is 0 Å². The topological polar surface area (TPSA) is 72.2 Å². The van der Waals surface area contributed by atoms with E-state index in [9.17, 15) is 9.59 Å². The van der Waals surface area contributed by atoms with Crippen molar-refractivity contribution in [1.29, 1.82) is 0 Å². The van der Waals surface area contributed by atoms with Crippen molar-refractivity contribution in [3.8, 4) is 0 Å². The summed E-state index contributed by atoms with van der Waals surface area (Å²) < 4.78 is 1.80. The molecule has 5 nitrogen and oxygen atoms in total. The number of rotatable bonds is 7. The first-order valence-electron chi connectivity index (χ1n) is 12.9. The Morgan fingerprint density at radius 3 is 2.06 bits per heavy atom. The number of fused-ring (bicyclic) bond motifs is 1. The molecule has 0 saturated heterocycles. The molecule has 0 fully saturated rings. The normalized spacial score (nSPS) is 14.2. The molecule has 0 radical (unpaired) electrons. The SMILES string of the molecule is CC.CC.Cc1nc2c(c(=O)n1C(c1ccccc1)c1ccccc1)CCC(C(=O)CCCO)C2. The number of Topliss-reactive ketones (excluding diaryl/α,β-unsaturated/α-hetero) is 1. The fraction of sp³-hybridized carbons (Fsp3) is 0.433. The predicted octanol–water partition coefficient (Wildman–Crippen LogP) is 5.69. The third-order valence-corrected chi connectivity index (χ3v) is 6.18. The molecule has 0 spiro atoms. The van der Waals surface area contributed by atoms with Crippen molar-refractivity contribution in [1.82, 2.24) is 9.55 Å². The fourth-order valence-electron chi connectivity index (χ4n) is 4.60. The minimum absolute atomic E-state index is 0.0125. The Hall–Kier alpha value is -3.05. The summed E-state index contributed by atoms with van der Waals surface area (Å²) in [6.07, 6.45) is 2.62. The van der Waals surface area contributed by atoms with Crippen LogP contribution < -0.4 is 5.56 Å². The van der Waals surface area contributed by atoms with Crippen molar-refractivity contribution >= 4 is 5.78 Å². The van der Waals surface area contributed by atoms with Crippen molar-refractivity contribution in [3.05, 3.63) is 99.2 Å². The average molecular weight is 477 g/mol. The van der Waals surface area contributed by atoms with E-state index in [1.165, 1.54) is 0 Å². The number of nitrogens with zero attached hydrogens (tertiary/aromatic N) is 2. The summed E-state index contributed by atoms with van der Waals surface area (Å²) in [5.74, 6) is 0.708. The third kappa shape index (κ3) is 6.76. The van der Waals surface area contributed by atoms with E-state index in [0.29, 0.717) is 37.9 Å². The Bertz CT molecular complexity index is 1070. The Labute approximate surface area is 209 Å². The first-order valence-corrected chi connectivity index (χ1v) is 12.9. The van der Waals surface area contributed by atoms with Crippen molar-refractivity contribution in [2.24, 2.45) is 5.92 Å². The largest absolute Gasteiger partial charge is 0.396 e. The molecular weight excluding hydrogens is 436 g/mol. The minimum atomic E-state index is -0.253. The van der Waals surface area contributed by atoms with Gasteiger partial charge in [-0.25, -0.2) is 4.98 Å². The van der Waals surface area contributed by atoms with Gasteiger partial charge in [0.05, 0.1) is 11.7 Å². The highest BCUT2D eigenvalue weighted by Crippen LogP contribution is 2.29. The molecule has 3 aromatic rings. The van der Waals surface area contributed by atoms with Crippen LogP contribution in [0.2, 0.25) is 0 Å². The molecule has 1 atom stereocenters. The van der Waals surface area contributed by atoms with Gasteiger partial charge in [0.1, 0.15) is 11.6 Å². The van der Waals surface area contributed by atoms with Gasteiger partial charge in [0.15, 0.2) is 0 Å². The number of benzene rings is 2. The summed E-state index contributed by atoms with van der Waals surface area (Å²) in [7, 11) is 0. The second kappa shape index (κ2) is 14.4. The van der Waals surface area contributed by atoms with Crippen molar-refractivity contribution in [2.75, 3.05) is 6.61 Å². The standard InChI is InChI=1S/C26H28N2O3.2C2H6/c1-18-27-23-17-21(24(30)13-8-16-29)14-15-22(23)26(31)28(18)25(19-9-4-2-5-10-19)20-11-6-3-7-12-20;2*1-2/h2-7,9-12,21,25,29H,8,13-17H2,1H3;2*1-2H3. The zero-order chi connectivity index (χ0) is 25.8. The number of ketones is 1. The highest BCUT2D eigenvalue weighted by atomic mass is 16.3. The fourth-order valence-corrected chi connectivity index (χ4v) is 4.60. The molecule has 1 aliphatic carbocycles. The molecule has 1 aliphatic rings. The molecule has 5 heteroatoms. The molecule has 0 saturated carbocycles. The summed E-state index contributed by atoms with van der Waals surface area (Å²) in [5, 5.41) is 9.01. The number of aliphatic hydroxyl groups excluding tert-OH is 1. The van der Waals surface area contributed by atoms with Gasteiger partial charge in [0.25, 0.3) is 5.56 Å². The lowest BCUT2D eigenvalue weighted by atomic mass is 9.83. The van der Waals surface area contributed by atoms with Crippen LogP contribution in [0.25, 0.3) is 0 Å². The Morgan fingerprint density at radius 2 is 1.54 bits per heavy atom. The Morgan fingerprint density at radius 1 is 1.00 bits per heavy atom. The maximum absolute atomic E-state index is 13.7. The Balaban J connectivity index is 0.00000103. The van der Waals surface area contributed by atoms with Crippen molar-refractivity contribution < 1.29 is 9.90 Å². The van der Waals surface area contributed by atoms with E-state index in [2.05, 4.69) is 0 Å². The van der Waals surface area contributed by atoms with Gasteiger partial charge in [-0.15, -0.1) is 0 Å². The van der Waals surface area contributed by atoms with Gasteiger partial charge in [-0.1, -0.05) is 88.4 Å².